The van der Waals surface area contributed by atoms with Crippen LogP contribution in [0.2, 0.25) is 0 Å². The summed E-state index contributed by atoms with van der Waals surface area (Å²) < 4.78 is 5.40. The van der Waals surface area contributed by atoms with Crippen LogP contribution in [0.4, 0.5) is 0 Å². The molecular formula is C13H24N2O2. The van der Waals surface area contributed by atoms with Crippen molar-refractivity contribution in [2.24, 2.45) is 11.8 Å². The molecule has 98 valence electrons. The molecule has 1 heterocycles. The SMILES string of the molecule is CNCC(C)C(=O)N(CC1CCOC1)C1CC1. The van der Waals surface area contributed by atoms with Crippen LogP contribution < -0.4 is 5.32 Å². The number of rotatable bonds is 6. The molecule has 0 aromatic rings. The van der Waals surface area contributed by atoms with Crippen LogP contribution in [0.15, 0.2) is 0 Å². The molecule has 2 atom stereocenters. The molecule has 1 amide bonds. The Hall–Kier alpha value is -0.610. The van der Waals surface area contributed by atoms with Gasteiger partial charge < -0.3 is 15.0 Å². The number of hydrogen-bond acceptors (Lipinski definition) is 3. The van der Waals surface area contributed by atoms with Crippen LogP contribution >= 0.6 is 0 Å². The monoisotopic (exact) mass is 240 g/mol. The van der Waals surface area contributed by atoms with Crippen molar-refractivity contribution in [3.63, 3.8) is 0 Å². The molecule has 2 rings (SSSR count). The maximum absolute atomic E-state index is 12.3. The fourth-order valence-electron chi connectivity index (χ4n) is 2.49. The Balaban J connectivity index is 1.89. The summed E-state index contributed by atoms with van der Waals surface area (Å²) in [6, 6.07) is 0.516. The van der Waals surface area contributed by atoms with Gasteiger partial charge in [-0.2, -0.15) is 0 Å². The van der Waals surface area contributed by atoms with Gasteiger partial charge in [-0.3, -0.25) is 4.79 Å². The van der Waals surface area contributed by atoms with E-state index in [4.69, 9.17) is 4.74 Å². The fraction of sp³-hybridized carbons (Fsp3) is 0.923. The zero-order valence-corrected chi connectivity index (χ0v) is 10.9. The Morgan fingerprint density at radius 1 is 1.47 bits per heavy atom. The molecule has 1 aliphatic heterocycles. The Bertz CT molecular complexity index is 260. The van der Waals surface area contributed by atoms with Gasteiger partial charge in [0.1, 0.15) is 0 Å². The minimum absolute atomic E-state index is 0.0860. The van der Waals surface area contributed by atoms with Gasteiger partial charge in [0.2, 0.25) is 5.91 Å². The third-order valence-corrected chi connectivity index (χ3v) is 3.68. The fourth-order valence-corrected chi connectivity index (χ4v) is 2.49. The Labute approximate surface area is 104 Å². The highest BCUT2D eigenvalue weighted by molar-refractivity contribution is 5.79. The van der Waals surface area contributed by atoms with Crippen molar-refractivity contribution in [3.05, 3.63) is 0 Å². The smallest absolute Gasteiger partial charge is 0.226 e. The molecule has 2 unspecified atom stereocenters. The van der Waals surface area contributed by atoms with E-state index in [0.29, 0.717) is 17.9 Å². The van der Waals surface area contributed by atoms with Gasteiger partial charge in [-0.1, -0.05) is 6.92 Å². The van der Waals surface area contributed by atoms with Gasteiger partial charge in [0, 0.05) is 37.6 Å². The van der Waals surface area contributed by atoms with Gasteiger partial charge in [0.05, 0.1) is 6.61 Å². The summed E-state index contributed by atoms with van der Waals surface area (Å²) in [6.07, 6.45) is 3.48. The van der Waals surface area contributed by atoms with Gasteiger partial charge in [-0.25, -0.2) is 0 Å². The van der Waals surface area contributed by atoms with Crippen LogP contribution in [0.3, 0.4) is 0 Å². The second-order valence-corrected chi connectivity index (χ2v) is 5.41. The Morgan fingerprint density at radius 2 is 2.24 bits per heavy atom. The molecule has 4 heteroatoms. The van der Waals surface area contributed by atoms with E-state index in [-0.39, 0.29) is 5.92 Å². The highest BCUT2D eigenvalue weighted by Crippen LogP contribution is 2.30. The van der Waals surface area contributed by atoms with E-state index in [2.05, 4.69) is 10.2 Å². The molecule has 0 spiro atoms. The van der Waals surface area contributed by atoms with Crippen molar-refractivity contribution in [2.45, 2.75) is 32.2 Å². The first kappa shape index (κ1) is 12.8. The minimum Gasteiger partial charge on any atom is -0.381 e. The zero-order chi connectivity index (χ0) is 12.3. The van der Waals surface area contributed by atoms with Crippen LogP contribution in [-0.2, 0) is 9.53 Å². The summed E-state index contributed by atoms with van der Waals surface area (Å²) in [6.45, 7) is 5.38. The molecule has 0 aromatic heterocycles. The van der Waals surface area contributed by atoms with Gasteiger partial charge >= 0.3 is 0 Å². The van der Waals surface area contributed by atoms with Crippen molar-refractivity contribution in [3.8, 4) is 0 Å². The van der Waals surface area contributed by atoms with Crippen molar-refractivity contribution in [2.75, 3.05) is 33.4 Å². The number of carbonyl (C=O) groups is 1. The highest BCUT2D eigenvalue weighted by Gasteiger charge is 2.36. The van der Waals surface area contributed by atoms with Crippen molar-refractivity contribution < 1.29 is 9.53 Å². The van der Waals surface area contributed by atoms with E-state index in [1.807, 2.05) is 14.0 Å². The molecule has 0 aromatic carbocycles. The lowest BCUT2D eigenvalue weighted by Crippen LogP contribution is -2.42. The third kappa shape index (κ3) is 3.42. The summed E-state index contributed by atoms with van der Waals surface area (Å²) in [4.78, 5) is 14.5. The standard InChI is InChI=1S/C13H24N2O2/c1-10(7-14-2)13(16)15(12-3-4-12)8-11-5-6-17-9-11/h10-12,14H,3-9H2,1-2H3. The highest BCUT2D eigenvalue weighted by atomic mass is 16.5. The van der Waals surface area contributed by atoms with E-state index in [0.717, 1.165) is 32.7 Å². The quantitative estimate of drug-likeness (QED) is 0.749. The number of carbonyl (C=O) groups excluding carboxylic acids is 1. The zero-order valence-electron chi connectivity index (χ0n) is 10.9. The number of nitrogens with zero attached hydrogens (tertiary/aromatic N) is 1. The topological polar surface area (TPSA) is 41.6 Å². The third-order valence-electron chi connectivity index (χ3n) is 3.68. The predicted molar refractivity (Wildman–Crippen MR) is 66.8 cm³/mol. The molecule has 17 heavy (non-hydrogen) atoms. The lowest BCUT2D eigenvalue weighted by molar-refractivity contribution is -0.136. The van der Waals surface area contributed by atoms with E-state index in [1.165, 1.54) is 12.8 Å². The van der Waals surface area contributed by atoms with E-state index >= 15 is 0 Å². The molecule has 1 aliphatic carbocycles. The number of amides is 1. The van der Waals surface area contributed by atoms with E-state index in [9.17, 15) is 4.79 Å². The summed E-state index contributed by atoms with van der Waals surface area (Å²) >= 11 is 0. The summed E-state index contributed by atoms with van der Waals surface area (Å²) in [5, 5.41) is 3.08. The van der Waals surface area contributed by atoms with E-state index in [1.54, 1.807) is 0 Å². The van der Waals surface area contributed by atoms with Crippen LogP contribution in [0, 0.1) is 11.8 Å². The number of ether oxygens (including phenoxy) is 1. The first-order chi connectivity index (χ1) is 8.22. The summed E-state index contributed by atoms with van der Waals surface area (Å²) in [5.41, 5.74) is 0. The van der Waals surface area contributed by atoms with Crippen molar-refractivity contribution >= 4 is 5.91 Å². The number of nitrogens with one attached hydrogen (secondary N) is 1. The summed E-state index contributed by atoms with van der Waals surface area (Å²) in [7, 11) is 1.90. The molecular weight excluding hydrogens is 216 g/mol. The van der Waals surface area contributed by atoms with Gasteiger partial charge in [0.25, 0.3) is 0 Å². The van der Waals surface area contributed by atoms with Crippen LogP contribution in [0.1, 0.15) is 26.2 Å². The first-order valence-electron chi connectivity index (χ1n) is 6.75. The normalized spacial score (nSPS) is 25.9. The predicted octanol–water partition coefficient (Wildman–Crippen LogP) is 0.869. The van der Waals surface area contributed by atoms with Crippen LogP contribution in [-0.4, -0.2) is 50.2 Å². The van der Waals surface area contributed by atoms with Gasteiger partial charge in [0.15, 0.2) is 0 Å². The Kier molecular flexibility index (Phi) is 4.40. The molecule has 1 saturated heterocycles. The lowest BCUT2D eigenvalue weighted by Gasteiger charge is -2.28. The second-order valence-electron chi connectivity index (χ2n) is 5.41. The lowest BCUT2D eigenvalue weighted by atomic mass is 10.1. The second kappa shape index (κ2) is 5.83. The maximum atomic E-state index is 12.3. The van der Waals surface area contributed by atoms with Crippen molar-refractivity contribution in [1.82, 2.24) is 10.2 Å². The Morgan fingerprint density at radius 3 is 2.76 bits per heavy atom. The molecule has 0 radical (unpaired) electrons. The molecule has 0 bridgehead atoms. The molecule has 2 aliphatic rings. The largest absolute Gasteiger partial charge is 0.381 e. The van der Waals surface area contributed by atoms with E-state index < -0.39 is 0 Å². The van der Waals surface area contributed by atoms with Crippen LogP contribution in [0.5, 0.6) is 0 Å². The minimum atomic E-state index is 0.0860. The van der Waals surface area contributed by atoms with Gasteiger partial charge in [-0.05, 0) is 26.3 Å². The van der Waals surface area contributed by atoms with Gasteiger partial charge in [-0.15, -0.1) is 0 Å². The molecule has 2 fully saturated rings. The van der Waals surface area contributed by atoms with Crippen molar-refractivity contribution in [1.29, 1.82) is 0 Å². The average Bonchev–Trinajstić information content (AvgIpc) is 3.03. The summed E-state index contributed by atoms with van der Waals surface area (Å²) in [5.74, 6) is 0.956. The first-order valence-corrected chi connectivity index (χ1v) is 6.75. The number of hydrogen-bond donors (Lipinski definition) is 1. The van der Waals surface area contributed by atoms with Crippen LogP contribution in [0.25, 0.3) is 0 Å². The molecule has 1 saturated carbocycles. The molecule has 1 N–H and O–H groups in total. The maximum Gasteiger partial charge on any atom is 0.226 e. The average molecular weight is 240 g/mol. The molecule has 4 nitrogen and oxygen atoms in total.